The van der Waals surface area contributed by atoms with Gasteiger partial charge >= 0.3 is 0 Å². The third kappa shape index (κ3) is 2.71. The zero-order chi connectivity index (χ0) is 25.7. The highest BCUT2D eigenvalue weighted by Gasteiger charge is 2.65. The Balaban J connectivity index is 1.60. The van der Waals surface area contributed by atoms with Crippen molar-refractivity contribution in [1.82, 2.24) is 0 Å². The third-order valence-electron chi connectivity index (χ3n) is 8.20. The minimum absolute atomic E-state index is 0.0680. The number of allylic oxidation sites excluding steroid dienone is 1. The Bertz CT molecular complexity index is 1640. The average Bonchev–Trinajstić information content (AvgIpc) is 3.29. The number of amides is 1. The number of benzene rings is 3. The number of hydrogen-bond donors (Lipinski definition) is 1. The molecule has 2 aliphatic heterocycles. The van der Waals surface area contributed by atoms with Gasteiger partial charge in [0.25, 0.3) is 5.91 Å². The van der Waals surface area contributed by atoms with Crippen molar-refractivity contribution in [3.8, 4) is 0 Å². The number of Topliss-reactive ketones (excluding diaryl/α,β-unsaturated/α-hetero) is 2. The summed E-state index contributed by atoms with van der Waals surface area (Å²) in [5.74, 6) is -0.521. The zero-order valence-electron chi connectivity index (χ0n) is 21.0. The van der Waals surface area contributed by atoms with Crippen LogP contribution in [0.15, 0.2) is 89.6 Å². The van der Waals surface area contributed by atoms with Crippen molar-refractivity contribution < 1.29 is 14.4 Å². The Hall–Kier alpha value is -4.25. The van der Waals surface area contributed by atoms with Crippen molar-refractivity contribution >= 4 is 34.5 Å². The molecule has 182 valence electrons. The van der Waals surface area contributed by atoms with Crippen LogP contribution in [0.1, 0.15) is 53.7 Å². The fourth-order valence-corrected chi connectivity index (χ4v) is 6.71. The second kappa shape index (κ2) is 7.16. The molecule has 1 atom stereocenters. The van der Waals surface area contributed by atoms with Crippen LogP contribution >= 0.6 is 0 Å². The molecule has 3 aromatic rings. The predicted molar refractivity (Wildman–Crippen MR) is 143 cm³/mol. The van der Waals surface area contributed by atoms with Crippen molar-refractivity contribution in [3.63, 3.8) is 0 Å². The first kappa shape index (κ1) is 22.0. The summed E-state index contributed by atoms with van der Waals surface area (Å²) in [6, 6.07) is 22.8. The number of hydrogen-bond acceptors (Lipinski definition) is 4. The van der Waals surface area contributed by atoms with Gasteiger partial charge in [0.2, 0.25) is 0 Å². The van der Waals surface area contributed by atoms with Gasteiger partial charge in [-0.2, -0.15) is 0 Å². The summed E-state index contributed by atoms with van der Waals surface area (Å²) in [4.78, 5) is 45.0. The lowest BCUT2D eigenvalue weighted by atomic mass is 9.61. The van der Waals surface area contributed by atoms with E-state index in [9.17, 15) is 9.59 Å². The van der Waals surface area contributed by atoms with Crippen molar-refractivity contribution in [2.45, 2.75) is 39.0 Å². The monoisotopic (exact) mass is 486 g/mol. The number of carbonyl (C=O) groups excluding carboxylic acids is 3. The highest BCUT2D eigenvalue weighted by atomic mass is 16.2. The molecule has 5 nitrogen and oxygen atoms in total. The summed E-state index contributed by atoms with van der Waals surface area (Å²) >= 11 is 0. The first-order chi connectivity index (χ1) is 17.7. The average molecular weight is 487 g/mol. The molecule has 0 bridgehead atoms. The highest BCUT2D eigenvalue weighted by molar-refractivity contribution is 6.33. The van der Waals surface area contributed by atoms with Gasteiger partial charge in [0.05, 0.1) is 5.70 Å². The summed E-state index contributed by atoms with van der Waals surface area (Å²) in [5, 5.41) is 3.46. The van der Waals surface area contributed by atoms with E-state index < -0.39 is 5.41 Å². The first-order valence-electron chi connectivity index (χ1n) is 12.7. The third-order valence-corrected chi connectivity index (χ3v) is 8.20. The molecular weight excluding hydrogens is 460 g/mol. The van der Waals surface area contributed by atoms with E-state index in [4.69, 9.17) is 0 Å². The summed E-state index contributed by atoms with van der Waals surface area (Å²) in [7, 11) is 0. The van der Waals surface area contributed by atoms with Gasteiger partial charge in [-0.1, -0.05) is 74.0 Å². The number of carbonyl (C=O) groups is 3. The zero-order valence-corrected chi connectivity index (χ0v) is 21.0. The van der Waals surface area contributed by atoms with Gasteiger partial charge in [-0.15, -0.1) is 0 Å². The molecule has 7 rings (SSSR count). The molecule has 1 N–H and O–H groups in total. The second-order valence-corrected chi connectivity index (χ2v) is 11.3. The molecule has 5 heteroatoms. The van der Waals surface area contributed by atoms with Crippen molar-refractivity contribution in [2.24, 2.45) is 5.41 Å². The van der Waals surface area contributed by atoms with E-state index in [0.717, 1.165) is 16.8 Å². The minimum Gasteiger partial charge on any atom is -0.354 e. The fraction of sp³-hybridized carbons (Fsp3) is 0.219. The number of fused-ring (bicyclic) bond motifs is 6. The summed E-state index contributed by atoms with van der Waals surface area (Å²) in [6.07, 6.45) is 0.886. The molecule has 2 heterocycles. The molecular formula is C32H26N2O3. The SMILES string of the molecule is Cc1ccc(N2C(=O)C3(C4=C(Nc5ccccc53)c3ccccc3C4=O)C3=C2CC(C)(C)CC3=O)cc1. The molecule has 1 unspecified atom stereocenters. The Kier molecular flexibility index (Phi) is 4.26. The molecule has 0 fully saturated rings. The number of anilines is 2. The number of aryl methyl sites for hydroxylation is 1. The van der Waals surface area contributed by atoms with Crippen molar-refractivity contribution in [3.05, 3.63) is 112 Å². The van der Waals surface area contributed by atoms with Crippen LogP contribution in [-0.4, -0.2) is 17.5 Å². The summed E-state index contributed by atoms with van der Waals surface area (Å²) < 4.78 is 0. The number of nitrogens with zero attached hydrogens (tertiary/aromatic N) is 1. The van der Waals surface area contributed by atoms with E-state index >= 15 is 4.79 Å². The molecule has 3 aromatic carbocycles. The highest BCUT2D eigenvalue weighted by Crippen LogP contribution is 2.61. The lowest BCUT2D eigenvalue weighted by Gasteiger charge is -2.39. The van der Waals surface area contributed by atoms with E-state index in [-0.39, 0.29) is 22.9 Å². The molecule has 4 aliphatic rings. The summed E-state index contributed by atoms with van der Waals surface area (Å²) in [6.45, 7) is 6.13. The van der Waals surface area contributed by atoms with Gasteiger partial charge in [0.15, 0.2) is 11.6 Å². The van der Waals surface area contributed by atoms with Crippen LogP contribution in [0.5, 0.6) is 0 Å². The smallest absolute Gasteiger partial charge is 0.251 e. The van der Waals surface area contributed by atoms with Crippen molar-refractivity contribution in [1.29, 1.82) is 0 Å². The number of ketones is 2. The molecule has 0 saturated heterocycles. The van der Waals surface area contributed by atoms with Gasteiger partial charge in [-0.3, -0.25) is 19.3 Å². The van der Waals surface area contributed by atoms with Gasteiger partial charge in [0.1, 0.15) is 5.41 Å². The Morgan fingerprint density at radius 2 is 1.46 bits per heavy atom. The van der Waals surface area contributed by atoms with Gasteiger partial charge in [-0.05, 0) is 37.0 Å². The minimum atomic E-state index is -1.50. The molecule has 37 heavy (non-hydrogen) atoms. The summed E-state index contributed by atoms with van der Waals surface area (Å²) in [5.41, 5.74) is 4.88. The van der Waals surface area contributed by atoms with Crippen LogP contribution in [0.4, 0.5) is 11.4 Å². The van der Waals surface area contributed by atoms with Gasteiger partial charge < -0.3 is 5.32 Å². The Morgan fingerprint density at radius 3 is 2.22 bits per heavy atom. The van der Waals surface area contributed by atoms with E-state index in [0.29, 0.717) is 52.2 Å². The van der Waals surface area contributed by atoms with Crippen LogP contribution < -0.4 is 10.2 Å². The van der Waals surface area contributed by atoms with Crippen LogP contribution in [0.25, 0.3) is 5.70 Å². The lowest BCUT2D eigenvalue weighted by Crippen LogP contribution is -2.47. The first-order valence-corrected chi connectivity index (χ1v) is 12.7. The molecule has 2 aliphatic carbocycles. The standard InChI is InChI=1S/C32H26N2O3/c1-18-12-14-19(15-13-18)34-24-16-31(2,3)17-25(35)26(24)32(30(34)37)22-10-6-7-11-23(22)33-28-20-8-4-5-9-21(20)29(36)27(28)32/h4-15,33H,16-17H2,1-3H3. The maximum absolute atomic E-state index is 15.0. The predicted octanol–water partition coefficient (Wildman–Crippen LogP) is 5.96. The van der Waals surface area contributed by atoms with E-state index in [1.165, 1.54) is 0 Å². The number of para-hydroxylation sites is 1. The molecule has 0 saturated carbocycles. The van der Waals surface area contributed by atoms with Gasteiger partial charge in [0, 0.05) is 51.3 Å². The van der Waals surface area contributed by atoms with Crippen LogP contribution in [0, 0.1) is 12.3 Å². The van der Waals surface area contributed by atoms with Crippen molar-refractivity contribution in [2.75, 3.05) is 10.2 Å². The van der Waals surface area contributed by atoms with Crippen LogP contribution in [-0.2, 0) is 15.0 Å². The van der Waals surface area contributed by atoms with E-state index in [1.807, 2.05) is 73.7 Å². The number of rotatable bonds is 1. The Morgan fingerprint density at radius 1 is 0.784 bits per heavy atom. The molecule has 1 amide bonds. The molecule has 0 aromatic heterocycles. The van der Waals surface area contributed by atoms with E-state index in [2.05, 4.69) is 19.2 Å². The maximum Gasteiger partial charge on any atom is 0.251 e. The fourth-order valence-electron chi connectivity index (χ4n) is 6.71. The largest absolute Gasteiger partial charge is 0.354 e. The Labute approximate surface area is 215 Å². The second-order valence-electron chi connectivity index (χ2n) is 11.3. The number of nitrogens with one attached hydrogen (secondary N) is 1. The lowest BCUT2D eigenvalue weighted by molar-refractivity contribution is -0.123. The van der Waals surface area contributed by atoms with Crippen LogP contribution in [0.2, 0.25) is 0 Å². The van der Waals surface area contributed by atoms with E-state index in [1.54, 1.807) is 11.0 Å². The topological polar surface area (TPSA) is 66.5 Å². The van der Waals surface area contributed by atoms with Crippen LogP contribution in [0.3, 0.4) is 0 Å². The normalized spacial score (nSPS) is 23.2. The maximum atomic E-state index is 15.0. The molecule has 1 spiro atoms. The quantitative estimate of drug-likeness (QED) is 0.461. The molecule has 0 radical (unpaired) electrons. The van der Waals surface area contributed by atoms with Gasteiger partial charge in [-0.25, -0.2) is 0 Å².